The standard InChI is InChI=1S/C22H18N2OS.C18H15FN2O/c1-22(2)13-12-18-17(21(22)25)10-8-16(24-18)9-11-20-23-14-19(26-20)15-6-4-3-5-7-15;1-18(2)8-16-15(17(22)9-18)6-5-14(21-16)4-3-12-7-13(19)11-20-10-12/h3-8,10,14H,12-13H2,1-2H3;5-7,10-11H,8-9H2,1-2H3. The summed E-state index contributed by atoms with van der Waals surface area (Å²) in [4.78, 5) is 42.9. The Hall–Kier alpha value is -5.31. The van der Waals surface area contributed by atoms with Crippen LogP contribution in [-0.4, -0.2) is 31.5 Å². The number of hydrogen-bond acceptors (Lipinski definition) is 7. The summed E-state index contributed by atoms with van der Waals surface area (Å²) in [5.41, 5.74) is 5.63. The van der Waals surface area contributed by atoms with E-state index in [-0.39, 0.29) is 22.4 Å². The van der Waals surface area contributed by atoms with Gasteiger partial charge in [0, 0.05) is 40.9 Å². The maximum absolute atomic E-state index is 13.1. The zero-order valence-electron chi connectivity index (χ0n) is 27.2. The van der Waals surface area contributed by atoms with E-state index in [4.69, 9.17) is 0 Å². The molecule has 0 fully saturated rings. The molecule has 0 radical (unpaired) electrons. The minimum atomic E-state index is -0.419. The number of fused-ring (bicyclic) bond motifs is 2. The van der Waals surface area contributed by atoms with E-state index < -0.39 is 5.82 Å². The van der Waals surface area contributed by atoms with Gasteiger partial charge in [-0.05, 0) is 78.3 Å². The zero-order valence-corrected chi connectivity index (χ0v) is 28.0. The lowest BCUT2D eigenvalue weighted by Gasteiger charge is -2.29. The Morgan fingerprint density at radius 3 is 2.23 bits per heavy atom. The van der Waals surface area contributed by atoms with Crippen LogP contribution in [0, 0.1) is 40.3 Å². The second-order valence-corrected chi connectivity index (χ2v) is 14.4. The fourth-order valence-electron chi connectivity index (χ4n) is 5.68. The van der Waals surface area contributed by atoms with Crippen LogP contribution in [0.2, 0.25) is 0 Å². The SMILES string of the molecule is CC1(C)CC(=O)c2ccc(C#Cc3cncc(F)c3)nc2C1.CC1(C)CCc2nc(C#Cc3ncc(-c4ccccc4)s3)ccc2C1=O. The normalized spacial score (nSPS) is 15.4. The van der Waals surface area contributed by atoms with E-state index in [1.165, 1.54) is 12.3 Å². The molecule has 48 heavy (non-hydrogen) atoms. The first kappa shape index (κ1) is 32.6. The molecular formula is C40H33FN4O2S. The van der Waals surface area contributed by atoms with Crippen molar-refractivity contribution >= 4 is 22.9 Å². The number of nitrogens with zero attached hydrogens (tertiary/aromatic N) is 4. The molecule has 0 N–H and O–H groups in total. The fraction of sp³-hybridized carbons (Fsp3) is 0.250. The molecule has 0 atom stereocenters. The Labute approximate surface area is 283 Å². The van der Waals surface area contributed by atoms with Gasteiger partial charge in [0.25, 0.3) is 0 Å². The van der Waals surface area contributed by atoms with Gasteiger partial charge in [-0.1, -0.05) is 63.9 Å². The largest absolute Gasteiger partial charge is 0.294 e. The van der Waals surface area contributed by atoms with Gasteiger partial charge in [-0.25, -0.2) is 19.3 Å². The van der Waals surface area contributed by atoms with Crippen molar-refractivity contribution in [2.75, 3.05) is 0 Å². The minimum Gasteiger partial charge on any atom is -0.294 e. The van der Waals surface area contributed by atoms with Crippen LogP contribution < -0.4 is 0 Å². The molecule has 0 spiro atoms. The minimum absolute atomic E-state index is 0.0738. The van der Waals surface area contributed by atoms with Crippen LogP contribution in [-0.2, 0) is 12.8 Å². The Bertz CT molecular complexity index is 2160. The number of halogens is 1. The third-order valence-corrected chi connectivity index (χ3v) is 9.24. The van der Waals surface area contributed by atoms with Crippen LogP contribution in [0.3, 0.4) is 0 Å². The third-order valence-electron chi connectivity index (χ3n) is 8.28. The molecule has 2 aliphatic rings. The number of pyridine rings is 3. The van der Waals surface area contributed by atoms with E-state index in [1.54, 1.807) is 23.5 Å². The molecule has 0 saturated carbocycles. The van der Waals surface area contributed by atoms with Gasteiger partial charge < -0.3 is 0 Å². The highest BCUT2D eigenvalue weighted by atomic mass is 32.1. The predicted octanol–water partition coefficient (Wildman–Crippen LogP) is 7.93. The Morgan fingerprint density at radius 1 is 0.771 bits per heavy atom. The van der Waals surface area contributed by atoms with E-state index in [0.29, 0.717) is 28.9 Å². The number of thiazole rings is 1. The number of aromatic nitrogens is 4. The number of hydrogen-bond donors (Lipinski definition) is 0. The van der Waals surface area contributed by atoms with Gasteiger partial charge in [0.2, 0.25) is 0 Å². The van der Waals surface area contributed by atoms with Crippen molar-refractivity contribution in [3.8, 4) is 34.1 Å². The first-order valence-electron chi connectivity index (χ1n) is 15.7. The zero-order chi connectivity index (χ0) is 33.9. The topological polar surface area (TPSA) is 85.7 Å². The number of carbonyl (C=O) groups excluding carboxylic acids is 2. The lowest BCUT2D eigenvalue weighted by molar-refractivity contribution is 0.0809. The average molecular weight is 653 g/mol. The summed E-state index contributed by atoms with van der Waals surface area (Å²) in [6.45, 7) is 8.12. The van der Waals surface area contributed by atoms with Crippen molar-refractivity contribution < 1.29 is 14.0 Å². The fourth-order valence-corrected chi connectivity index (χ4v) is 6.46. The highest BCUT2D eigenvalue weighted by Gasteiger charge is 2.35. The number of Topliss-reactive ketones (excluding diaryl/α,β-unsaturated/α-hetero) is 2. The van der Waals surface area contributed by atoms with Gasteiger partial charge in [-0.3, -0.25) is 14.6 Å². The van der Waals surface area contributed by atoms with Crippen molar-refractivity contribution in [3.63, 3.8) is 0 Å². The van der Waals surface area contributed by atoms with E-state index in [1.807, 2.05) is 50.4 Å². The molecule has 0 unspecified atom stereocenters. The van der Waals surface area contributed by atoms with Crippen molar-refractivity contribution in [1.29, 1.82) is 0 Å². The molecule has 1 aromatic carbocycles. The highest BCUT2D eigenvalue weighted by molar-refractivity contribution is 7.15. The van der Waals surface area contributed by atoms with Gasteiger partial charge in [0.15, 0.2) is 16.6 Å². The van der Waals surface area contributed by atoms with E-state index in [9.17, 15) is 14.0 Å². The lowest BCUT2D eigenvalue weighted by Crippen LogP contribution is -2.31. The molecular weight excluding hydrogens is 620 g/mol. The molecule has 8 heteroatoms. The lowest BCUT2D eigenvalue weighted by atomic mass is 9.75. The Balaban J connectivity index is 0.000000170. The molecule has 7 rings (SSSR count). The number of rotatable bonds is 1. The van der Waals surface area contributed by atoms with Gasteiger partial charge in [0.05, 0.1) is 22.5 Å². The predicted molar refractivity (Wildman–Crippen MR) is 185 cm³/mol. The van der Waals surface area contributed by atoms with Crippen molar-refractivity contribution in [2.24, 2.45) is 10.8 Å². The summed E-state index contributed by atoms with van der Waals surface area (Å²) in [7, 11) is 0. The highest BCUT2D eigenvalue weighted by Crippen LogP contribution is 2.35. The van der Waals surface area contributed by atoms with Crippen LogP contribution >= 0.6 is 11.3 Å². The number of benzene rings is 1. The van der Waals surface area contributed by atoms with Gasteiger partial charge in [-0.2, -0.15) is 0 Å². The quantitative estimate of drug-likeness (QED) is 0.171. The Morgan fingerprint density at radius 2 is 1.48 bits per heavy atom. The summed E-state index contributed by atoms with van der Waals surface area (Å²) in [5, 5.41) is 0.764. The van der Waals surface area contributed by atoms with Crippen LogP contribution in [0.25, 0.3) is 10.4 Å². The first-order valence-corrected chi connectivity index (χ1v) is 16.5. The number of aryl methyl sites for hydroxylation is 1. The second kappa shape index (κ2) is 13.4. The molecule has 238 valence electrons. The average Bonchev–Trinajstić information content (AvgIpc) is 3.54. The van der Waals surface area contributed by atoms with Crippen LogP contribution in [0.4, 0.5) is 4.39 Å². The van der Waals surface area contributed by atoms with Crippen molar-refractivity contribution in [1.82, 2.24) is 19.9 Å². The van der Waals surface area contributed by atoms with E-state index >= 15 is 0 Å². The maximum Gasteiger partial charge on any atom is 0.170 e. The third kappa shape index (κ3) is 7.62. The molecule has 5 aromatic rings. The summed E-state index contributed by atoms with van der Waals surface area (Å²) >= 11 is 1.57. The molecule has 2 aliphatic carbocycles. The number of ketones is 2. The Kier molecular flexibility index (Phi) is 9.13. The van der Waals surface area contributed by atoms with Gasteiger partial charge >= 0.3 is 0 Å². The van der Waals surface area contributed by atoms with Gasteiger partial charge in [-0.15, -0.1) is 11.3 Å². The molecule has 0 aliphatic heterocycles. The maximum atomic E-state index is 13.1. The van der Waals surface area contributed by atoms with Crippen LogP contribution in [0.15, 0.2) is 79.3 Å². The smallest absolute Gasteiger partial charge is 0.170 e. The summed E-state index contributed by atoms with van der Waals surface area (Å²) in [6, 6.07) is 18.7. The molecule has 4 heterocycles. The van der Waals surface area contributed by atoms with Crippen molar-refractivity contribution in [3.05, 3.63) is 130 Å². The molecule has 4 aromatic heterocycles. The van der Waals surface area contributed by atoms with E-state index in [2.05, 4.69) is 69.6 Å². The molecule has 0 bridgehead atoms. The van der Waals surface area contributed by atoms with Gasteiger partial charge in [0.1, 0.15) is 17.2 Å². The first-order chi connectivity index (χ1) is 23.0. The van der Waals surface area contributed by atoms with Crippen LogP contribution in [0.1, 0.15) is 94.6 Å². The van der Waals surface area contributed by atoms with E-state index in [0.717, 1.165) is 57.9 Å². The molecule has 0 amide bonds. The van der Waals surface area contributed by atoms with Crippen molar-refractivity contribution in [2.45, 2.75) is 53.4 Å². The molecule has 0 saturated heterocycles. The summed E-state index contributed by atoms with van der Waals surface area (Å²) in [5.74, 6) is 11.8. The summed E-state index contributed by atoms with van der Waals surface area (Å²) < 4.78 is 13.1. The monoisotopic (exact) mass is 652 g/mol. The van der Waals surface area contributed by atoms with Crippen LogP contribution in [0.5, 0.6) is 0 Å². The second-order valence-electron chi connectivity index (χ2n) is 13.3. The summed E-state index contributed by atoms with van der Waals surface area (Å²) in [6.07, 6.45) is 7.43. The molecule has 6 nitrogen and oxygen atoms in total. The number of carbonyl (C=O) groups is 2.